The van der Waals surface area contributed by atoms with Gasteiger partial charge in [0.05, 0.1) is 6.26 Å². The number of aryl methyl sites for hydroxylation is 2. The zero-order valence-corrected chi connectivity index (χ0v) is 16.6. The first-order chi connectivity index (χ1) is 13.8. The third kappa shape index (κ3) is 4.38. The molecule has 29 heavy (non-hydrogen) atoms. The van der Waals surface area contributed by atoms with Gasteiger partial charge in [0.25, 0.3) is 0 Å². The normalized spacial score (nSPS) is 13.3. The number of nitrogens with one attached hydrogen (secondary N) is 1. The minimum Gasteiger partial charge on any atom is -0.284 e. The topological polar surface area (TPSA) is 46.2 Å². The average molecular weight is 411 g/mol. The molecule has 0 bridgehead atoms. The molecule has 0 saturated heterocycles. The van der Waals surface area contributed by atoms with Gasteiger partial charge in [0.15, 0.2) is 0 Å². The van der Waals surface area contributed by atoms with E-state index >= 15 is 0 Å². The van der Waals surface area contributed by atoms with Crippen molar-refractivity contribution >= 4 is 27.4 Å². The summed E-state index contributed by atoms with van der Waals surface area (Å²) in [6.07, 6.45) is 4.23. The van der Waals surface area contributed by atoms with Gasteiger partial charge >= 0.3 is 0 Å². The highest BCUT2D eigenvalue weighted by molar-refractivity contribution is 7.92. The SMILES string of the molecule is CS(=O)(=O)Nc1cccc(C=C2c3ccc(F)cc3CCc3cc(F)ccc32)c1. The number of sulfonamides is 1. The van der Waals surface area contributed by atoms with Crippen LogP contribution in [0.25, 0.3) is 11.6 Å². The molecule has 4 rings (SSSR count). The highest BCUT2D eigenvalue weighted by Gasteiger charge is 2.19. The van der Waals surface area contributed by atoms with Crippen LogP contribution in [-0.2, 0) is 22.9 Å². The van der Waals surface area contributed by atoms with Gasteiger partial charge in [-0.05, 0) is 88.7 Å². The number of hydrogen-bond acceptors (Lipinski definition) is 2. The summed E-state index contributed by atoms with van der Waals surface area (Å²) in [4.78, 5) is 0. The molecule has 148 valence electrons. The summed E-state index contributed by atoms with van der Waals surface area (Å²) in [5.74, 6) is -0.612. The van der Waals surface area contributed by atoms with E-state index in [2.05, 4.69) is 4.72 Å². The summed E-state index contributed by atoms with van der Waals surface area (Å²) in [5.41, 5.74) is 5.58. The minimum atomic E-state index is -3.39. The van der Waals surface area contributed by atoms with Crippen LogP contribution in [0.1, 0.15) is 27.8 Å². The molecule has 0 unspecified atom stereocenters. The van der Waals surface area contributed by atoms with Gasteiger partial charge in [0, 0.05) is 5.69 Å². The molecule has 0 fully saturated rings. The molecule has 0 heterocycles. The lowest BCUT2D eigenvalue weighted by Crippen LogP contribution is -2.09. The van der Waals surface area contributed by atoms with Crippen LogP contribution in [0.2, 0.25) is 0 Å². The van der Waals surface area contributed by atoms with E-state index in [9.17, 15) is 17.2 Å². The molecule has 3 nitrogen and oxygen atoms in total. The molecule has 0 spiro atoms. The Bertz CT molecular complexity index is 1180. The Morgan fingerprint density at radius 2 is 1.45 bits per heavy atom. The maximum atomic E-state index is 13.8. The molecule has 6 heteroatoms. The highest BCUT2D eigenvalue weighted by Crippen LogP contribution is 2.36. The Labute approximate surface area is 168 Å². The fourth-order valence-electron chi connectivity index (χ4n) is 3.71. The fourth-order valence-corrected chi connectivity index (χ4v) is 4.26. The predicted molar refractivity (Wildman–Crippen MR) is 112 cm³/mol. The maximum absolute atomic E-state index is 13.8. The van der Waals surface area contributed by atoms with Crippen molar-refractivity contribution in [3.05, 3.63) is 100 Å². The first-order valence-electron chi connectivity index (χ1n) is 9.16. The number of fused-ring (bicyclic) bond motifs is 2. The van der Waals surface area contributed by atoms with E-state index in [4.69, 9.17) is 0 Å². The lowest BCUT2D eigenvalue weighted by molar-refractivity contribution is 0.606. The van der Waals surface area contributed by atoms with E-state index in [0.717, 1.165) is 39.6 Å². The van der Waals surface area contributed by atoms with Crippen molar-refractivity contribution < 1.29 is 17.2 Å². The second-order valence-electron chi connectivity index (χ2n) is 7.16. The van der Waals surface area contributed by atoms with Crippen molar-refractivity contribution in [2.24, 2.45) is 0 Å². The van der Waals surface area contributed by atoms with Gasteiger partial charge in [-0.3, -0.25) is 4.72 Å². The molecule has 0 amide bonds. The quantitative estimate of drug-likeness (QED) is 0.658. The molecule has 3 aromatic rings. The number of anilines is 1. The third-order valence-electron chi connectivity index (χ3n) is 4.88. The van der Waals surface area contributed by atoms with Crippen LogP contribution in [0.4, 0.5) is 14.5 Å². The standard InChI is InChI=1S/C23H19F2NO2S/c1-29(27,28)26-20-4-2-3-15(11-20)12-23-21-9-7-18(24)13-16(21)5-6-17-14-19(25)8-10-22(17)23/h2-4,7-14,26H,5-6H2,1H3. The van der Waals surface area contributed by atoms with Gasteiger partial charge in [-0.1, -0.05) is 24.3 Å². The molecule has 1 N–H and O–H groups in total. The highest BCUT2D eigenvalue weighted by atomic mass is 32.2. The third-order valence-corrected chi connectivity index (χ3v) is 5.49. The second-order valence-corrected chi connectivity index (χ2v) is 8.91. The van der Waals surface area contributed by atoms with E-state index in [1.807, 2.05) is 12.1 Å². The van der Waals surface area contributed by atoms with Gasteiger partial charge in [-0.15, -0.1) is 0 Å². The Kier molecular flexibility index (Phi) is 4.96. The number of hydrogen-bond donors (Lipinski definition) is 1. The summed E-state index contributed by atoms with van der Waals surface area (Å²) in [6, 6.07) is 16.4. The lowest BCUT2D eigenvalue weighted by atomic mass is 9.92. The van der Waals surface area contributed by atoms with E-state index in [1.54, 1.807) is 30.3 Å². The summed E-state index contributed by atoms with van der Waals surface area (Å²) in [6.45, 7) is 0. The first-order valence-corrected chi connectivity index (χ1v) is 11.0. The van der Waals surface area contributed by atoms with Crippen molar-refractivity contribution in [1.82, 2.24) is 0 Å². The predicted octanol–water partition coefficient (Wildman–Crippen LogP) is 5.02. The largest absolute Gasteiger partial charge is 0.284 e. The van der Waals surface area contributed by atoms with Crippen molar-refractivity contribution in [2.45, 2.75) is 12.8 Å². The van der Waals surface area contributed by atoms with Gasteiger partial charge in [0.1, 0.15) is 11.6 Å². The van der Waals surface area contributed by atoms with Gasteiger partial charge in [-0.25, -0.2) is 17.2 Å². The zero-order valence-electron chi connectivity index (χ0n) is 15.7. The van der Waals surface area contributed by atoms with Crippen LogP contribution < -0.4 is 4.72 Å². The zero-order chi connectivity index (χ0) is 20.6. The molecule has 0 aliphatic heterocycles. The van der Waals surface area contributed by atoms with Crippen molar-refractivity contribution in [2.75, 3.05) is 11.0 Å². The van der Waals surface area contributed by atoms with Crippen molar-refractivity contribution in [3.8, 4) is 0 Å². The van der Waals surface area contributed by atoms with Crippen LogP contribution in [0, 0.1) is 11.6 Å². The lowest BCUT2D eigenvalue weighted by Gasteiger charge is -2.13. The molecule has 0 atom stereocenters. The second kappa shape index (κ2) is 7.44. The van der Waals surface area contributed by atoms with Gasteiger partial charge < -0.3 is 0 Å². The van der Waals surface area contributed by atoms with Crippen molar-refractivity contribution in [3.63, 3.8) is 0 Å². The van der Waals surface area contributed by atoms with E-state index in [1.165, 1.54) is 24.3 Å². The molecule has 1 aliphatic rings. The molecular formula is C23H19F2NO2S. The van der Waals surface area contributed by atoms with Gasteiger partial charge in [0.2, 0.25) is 10.0 Å². The summed E-state index contributed by atoms with van der Waals surface area (Å²) < 4.78 is 53.2. The molecule has 0 saturated carbocycles. The van der Waals surface area contributed by atoms with E-state index in [-0.39, 0.29) is 11.6 Å². The number of rotatable bonds is 3. The summed E-state index contributed by atoms with van der Waals surface area (Å²) in [7, 11) is -3.39. The summed E-state index contributed by atoms with van der Waals surface area (Å²) >= 11 is 0. The van der Waals surface area contributed by atoms with Gasteiger partial charge in [-0.2, -0.15) is 0 Å². The monoisotopic (exact) mass is 411 g/mol. The van der Waals surface area contributed by atoms with Crippen LogP contribution in [0.15, 0.2) is 60.7 Å². The maximum Gasteiger partial charge on any atom is 0.229 e. The Balaban J connectivity index is 1.89. The average Bonchev–Trinajstić information content (AvgIpc) is 2.77. The van der Waals surface area contributed by atoms with E-state index < -0.39 is 10.0 Å². The Morgan fingerprint density at radius 1 is 0.862 bits per heavy atom. The smallest absolute Gasteiger partial charge is 0.229 e. The fraction of sp³-hybridized carbons (Fsp3) is 0.130. The van der Waals surface area contributed by atoms with Crippen LogP contribution in [0.5, 0.6) is 0 Å². The number of benzene rings is 3. The van der Waals surface area contributed by atoms with Crippen LogP contribution in [0.3, 0.4) is 0 Å². The molecule has 0 radical (unpaired) electrons. The molecule has 1 aliphatic carbocycles. The van der Waals surface area contributed by atoms with Crippen LogP contribution >= 0.6 is 0 Å². The molecule has 0 aromatic heterocycles. The van der Waals surface area contributed by atoms with Crippen molar-refractivity contribution in [1.29, 1.82) is 0 Å². The first kappa shape index (κ1) is 19.3. The number of halogens is 2. The van der Waals surface area contributed by atoms with E-state index in [0.29, 0.717) is 18.5 Å². The minimum absolute atomic E-state index is 0.306. The summed E-state index contributed by atoms with van der Waals surface area (Å²) in [5, 5.41) is 0. The Hall–Kier alpha value is -2.99. The molecule has 3 aromatic carbocycles. The van der Waals surface area contributed by atoms with Crippen LogP contribution in [-0.4, -0.2) is 14.7 Å². The Morgan fingerprint density at radius 3 is 2.00 bits per heavy atom. The molecular weight excluding hydrogens is 392 g/mol.